The van der Waals surface area contributed by atoms with Crippen LogP contribution < -0.4 is 5.63 Å². The molecule has 0 amide bonds. The summed E-state index contributed by atoms with van der Waals surface area (Å²) < 4.78 is 10.1. The first-order chi connectivity index (χ1) is 11.8. The van der Waals surface area contributed by atoms with E-state index >= 15 is 0 Å². The van der Waals surface area contributed by atoms with Crippen molar-refractivity contribution >= 4 is 40.1 Å². The summed E-state index contributed by atoms with van der Waals surface area (Å²) in [6, 6.07) is 6.24. The molecular weight excluding hydrogens is 365 g/mol. The van der Waals surface area contributed by atoms with Crippen LogP contribution in [-0.4, -0.2) is 18.1 Å². The number of methoxy groups -OCH3 is 1. The quantitative estimate of drug-likeness (QED) is 0.612. The molecule has 7 heteroatoms. The van der Waals surface area contributed by atoms with Crippen molar-refractivity contribution < 1.29 is 13.9 Å². The fraction of sp³-hybridized carbons (Fsp3) is 0.167. The lowest BCUT2D eigenvalue weighted by atomic mass is 9.99. The van der Waals surface area contributed by atoms with Gasteiger partial charge < -0.3 is 9.15 Å². The number of halogens is 2. The lowest BCUT2D eigenvalue weighted by Gasteiger charge is -2.11. The number of esters is 1. The molecule has 2 aromatic carbocycles. The highest BCUT2D eigenvalue weighted by Gasteiger charge is 2.17. The van der Waals surface area contributed by atoms with Gasteiger partial charge in [-0.1, -0.05) is 23.2 Å². The summed E-state index contributed by atoms with van der Waals surface area (Å²) in [6.45, 7) is 3.69. The number of fused-ring (bicyclic) bond motifs is 1. The Bertz CT molecular complexity index is 1070. The Labute approximate surface area is 153 Å². The Kier molecular flexibility index (Phi) is 4.54. The van der Waals surface area contributed by atoms with Gasteiger partial charge in [-0.25, -0.2) is 14.6 Å². The zero-order valence-electron chi connectivity index (χ0n) is 13.6. The van der Waals surface area contributed by atoms with Gasteiger partial charge in [-0.2, -0.15) is 0 Å². The normalized spacial score (nSPS) is 10.9. The van der Waals surface area contributed by atoms with E-state index in [1.165, 1.54) is 19.2 Å². The van der Waals surface area contributed by atoms with Crippen LogP contribution in [0.3, 0.4) is 0 Å². The average Bonchev–Trinajstić information content (AvgIpc) is 2.57. The van der Waals surface area contributed by atoms with E-state index in [0.29, 0.717) is 16.1 Å². The average molecular weight is 378 g/mol. The molecule has 0 aliphatic heterocycles. The van der Waals surface area contributed by atoms with E-state index in [9.17, 15) is 9.59 Å². The molecule has 0 atom stereocenters. The fourth-order valence-corrected chi connectivity index (χ4v) is 3.07. The Morgan fingerprint density at radius 3 is 2.56 bits per heavy atom. The van der Waals surface area contributed by atoms with E-state index < -0.39 is 11.6 Å². The van der Waals surface area contributed by atoms with Gasteiger partial charge >= 0.3 is 11.6 Å². The molecule has 3 aromatic rings. The molecule has 0 aliphatic carbocycles. The van der Waals surface area contributed by atoms with Gasteiger partial charge in [0.1, 0.15) is 5.52 Å². The van der Waals surface area contributed by atoms with Crippen molar-refractivity contribution in [2.75, 3.05) is 7.11 Å². The summed E-state index contributed by atoms with van der Waals surface area (Å²) in [6.07, 6.45) is 0. The van der Waals surface area contributed by atoms with Gasteiger partial charge in [-0.3, -0.25) is 0 Å². The maximum absolute atomic E-state index is 12.3. The van der Waals surface area contributed by atoms with Crippen LogP contribution in [-0.2, 0) is 4.74 Å². The second-order valence-corrected chi connectivity index (χ2v) is 6.39. The minimum Gasteiger partial charge on any atom is -0.465 e. The second kappa shape index (κ2) is 6.50. The predicted molar refractivity (Wildman–Crippen MR) is 96.5 cm³/mol. The van der Waals surface area contributed by atoms with Gasteiger partial charge in [0, 0.05) is 10.6 Å². The lowest BCUT2D eigenvalue weighted by Crippen LogP contribution is -2.06. The van der Waals surface area contributed by atoms with Crippen LogP contribution in [0.2, 0.25) is 10.0 Å². The first-order valence-corrected chi connectivity index (χ1v) is 8.07. The third-order valence-electron chi connectivity index (χ3n) is 3.97. The molecule has 0 bridgehead atoms. The van der Waals surface area contributed by atoms with E-state index in [-0.39, 0.29) is 21.8 Å². The zero-order valence-corrected chi connectivity index (χ0v) is 15.2. The first kappa shape index (κ1) is 17.5. The Hall–Kier alpha value is -2.37. The van der Waals surface area contributed by atoms with E-state index in [1.54, 1.807) is 12.1 Å². The predicted octanol–water partition coefficient (Wildman–Crippen LogP) is 4.57. The molecule has 5 nitrogen and oxygen atoms in total. The molecule has 0 saturated heterocycles. The van der Waals surface area contributed by atoms with Crippen LogP contribution in [0.1, 0.15) is 21.5 Å². The van der Waals surface area contributed by atoms with Crippen molar-refractivity contribution in [2.45, 2.75) is 13.8 Å². The van der Waals surface area contributed by atoms with Crippen LogP contribution in [0.5, 0.6) is 0 Å². The number of rotatable bonds is 2. The van der Waals surface area contributed by atoms with Crippen molar-refractivity contribution in [2.24, 2.45) is 0 Å². The highest BCUT2D eigenvalue weighted by molar-refractivity contribution is 6.38. The number of hydrogen-bond acceptors (Lipinski definition) is 5. The highest BCUT2D eigenvalue weighted by atomic mass is 35.5. The lowest BCUT2D eigenvalue weighted by molar-refractivity contribution is 0.0600. The summed E-state index contributed by atoms with van der Waals surface area (Å²) in [5.41, 5.74) is 2.21. The van der Waals surface area contributed by atoms with Crippen molar-refractivity contribution in [3.05, 3.63) is 61.4 Å². The highest BCUT2D eigenvalue weighted by Crippen LogP contribution is 2.30. The van der Waals surface area contributed by atoms with Gasteiger partial charge in [0.2, 0.25) is 5.89 Å². The van der Waals surface area contributed by atoms with E-state index in [2.05, 4.69) is 4.98 Å². The number of hydrogen-bond donors (Lipinski definition) is 0. The summed E-state index contributed by atoms with van der Waals surface area (Å²) in [5.74, 6) is -0.412. The van der Waals surface area contributed by atoms with E-state index in [0.717, 1.165) is 11.1 Å². The molecule has 1 heterocycles. The summed E-state index contributed by atoms with van der Waals surface area (Å²) in [5, 5.41) is 0.758. The summed E-state index contributed by atoms with van der Waals surface area (Å²) in [4.78, 5) is 28.6. The van der Waals surface area contributed by atoms with Crippen LogP contribution in [0.4, 0.5) is 0 Å². The van der Waals surface area contributed by atoms with Crippen LogP contribution in [0.25, 0.3) is 22.4 Å². The Morgan fingerprint density at radius 2 is 1.88 bits per heavy atom. The van der Waals surface area contributed by atoms with Crippen molar-refractivity contribution in [1.29, 1.82) is 0 Å². The number of benzene rings is 2. The van der Waals surface area contributed by atoms with Gasteiger partial charge in [-0.15, -0.1) is 0 Å². The topological polar surface area (TPSA) is 69.4 Å². The number of nitrogens with zero attached hydrogens (tertiary/aromatic N) is 1. The Balaban J connectivity index is 2.32. The monoisotopic (exact) mass is 377 g/mol. The molecule has 3 rings (SSSR count). The summed E-state index contributed by atoms with van der Waals surface area (Å²) in [7, 11) is 1.30. The van der Waals surface area contributed by atoms with Crippen LogP contribution in [0.15, 0.2) is 33.5 Å². The number of aryl methyl sites for hydroxylation is 1. The van der Waals surface area contributed by atoms with Crippen molar-refractivity contribution in [3.8, 4) is 11.5 Å². The van der Waals surface area contributed by atoms with Crippen LogP contribution in [0, 0.1) is 13.8 Å². The molecule has 1 aromatic heterocycles. The van der Waals surface area contributed by atoms with Gasteiger partial charge in [0.15, 0.2) is 0 Å². The van der Waals surface area contributed by atoms with Gasteiger partial charge in [0.05, 0.1) is 23.1 Å². The number of aromatic nitrogens is 1. The maximum Gasteiger partial charge on any atom is 0.347 e. The molecule has 0 unspecified atom stereocenters. The van der Waals surface area contributed by atoms with E-state index in [4.69, 9.17) is 32.4 Å². The number of ether oxygens (including phenoxy) is 1. The third-order valence-corrected chi connectivity index (χ3v) is 4.48. The molecule has 0 N–H and O–H groups in total. The summed E-state index contributed by atoms with van der Waals surface area (Å²) >= 11 is 12.1. The zero-order chi connectivity index (χ0) is 18.3. The molecule has 0 aliphatic rings. The number of carbonyl (C=O) groups excluding carboxylic acids is 1. The van der Waals surface area contributed by atoms with Crippen molar-refractivity contribution in [3.63, 3.8) is 0 Å². The fourth-order valence-electron chi connectivity index (χ4n) is 2.53. The van der Waals surface area contributed by atoms with E-state index in [1.807, 2.05) is 13.8 Å². The number of carbonyl (C=O) groups is 1. The largest absolute Gasteiger partial charge is 0.465 e. The smallest absolute Gasteiger partial charge is 0.347 e. The minimum atomic E-state index is -0.607. The standard InChI is InChI=1S/C18H13Cl2NO4/c1-8-4-10(17(22)24-3)5-12(9(8)2)16-21-15-13(18(23)25-16)6-11(19)7-14(15)20/h4-7H,1-3H3. The molecule has 0 radical (unpaired) electrons. The van der Waals surface area contributed by atoms with Gasteiger partial charge in [0.25, 0.3) is 0 Å². The van der Waals surface area contributed by atoms with Gasteiger partial charge in [-0.05, 0) is 49.2 Å². The molecule has 0 fully saturated rings. The Morgan fingerprint density at radius 1 is 1.16 bits per heavy atom. The minimum absolute atomic E-state index is 0.0769. The molecule has 0 spiro atoms. The maximum atomic E-state index is 12.3. The molecule has 25 heavy (non-hydrogen) atoms. The SMILES string of the molecule is COC(=O)c1cc(C)c(C)c(-c2nc3c(Cl)cc(Cl)cc3c(=O)o2)c1. The molecular formula is C18H13Cl2NO4. The third kappa shape index (κ3) is 3.13. The molecule has 0 saturated carbocycles. The first-order valence-electron chi connectivity index (χ1n) is 7.31. The van der Waals surface area contributed by atoms with Crippen LogP contribution >= 0.6 is 23.2 Å². The second-order valence-electron chi connectivity index (χ2n) is 5.55. The van der Waals surface area contributed by atoms with Crippen molar-refractivity contribution in [1.82, 2.24) is 4.98 Å². The molecule has 128 valence electrons.